The number of benzene rings is 1. The number of carbonyl (C=O) groups is 3. The normalized spacial score (nSPS) is 47.9. The third-order valence-electron chi connectivity index (χ3n) is 8.16. The fraction of sp³-hybridized carbons (Fsp3) is 0.500. The standard InChI is InChI=1S/C22H22N2O5/c1-6-20(4)15(25)14-13-16-21(20,23-18(27)28-16)10-8-7-9-11-12(10)22(29-14,19(13,2)3)17(26)24(11)5/h6-9,13-14,16H,1H2,2-5H3,(H,23,27)/t13-,14+,16-,20+,21+,22-/m0/s1/i16D. The van der Waals surface area contributed by atoms with Gasteiger partial charge in [0.1, 0.15) is 17.7 Å². The van der Waals surface area contributed by atoms with Crippen LogP contribution >= 0.6 is 0 Å². The number of Topliss-reactive ketones (excluding diaryl/α,β-unsaturated/α-hetero) is 1. The average Bonchev–Trinajstić information content (AvgIpc) is 3.19. The van der Waals surface area contributed by atoms with Crippen molar-refractivity contribution < 1.29 is 25.2 Å². The molecule has 1 spiro atoms. The Morgan fingerprint density at radius 2 is 2.00 bits per heavy atom. The van der Waals surface area contributed by atoms with Crippen molar-refractivity contribution in [2.75, 3.05) is 11.9 Å². The van der Waals surface area contributed by atoms with E-state index in [0.717, 1.165) is 0 Å². The summed E-state index contributed by atoms with van der Waals surface area (Å²) in [5.41, 5.74) is -3.61. The van der Waals surface area contributed by atoms with Gasteiger partial charge in [0.05, 0.1) is 12.5 Å². The molecule has 2 saturated heterocycles. The third kappa shape index (κ3) is 1.32. The molecule has 1 saturated carbocycles. The first-order valence-electron chi connectivity index (χ1n) is 10.2. The van der Waals surface area contributed by atoms with Crippen LogP contribution in [0.4, 0.5) is 10.5 Å². The molecule has 2 aliphatic carbocycles. The summed E-state index contributed by atoms with van der Waals surface area (Å²) in [6.45, 7) is 9.23. The van der Waals surface area contributed by atoms with E-state index in [0.29, 0.717) is 16.8 Å². The summed E-state index contributed by atoms with van der Waals surface area (Å²) in [6, 6.07) is 5.35. The molecule has 1 aromatic rings. The molecule has 3 bridgehead atoms. The number of alkyl carbamates (subject to hydrolysis) is 1. The summed E-state index contributed by atoms with van der Waals surface area (Å²) in [5, 5.41) is 2.86. The maximum Gasteiger partial charge on any atom is 0.408 e. The van der Waals surface area contributed by atoms with Gasteiger partial charge in [0.2, 0.25) is 0 Å². The van der Waals surface area contributed by atoms with E-state index in [4.69, 9.17) is 9.47 Å². The van der Waals surface area contributed by atoms with E-state index in [9.17, 15) is 15.8 Å². The molecule has 0 aromatic heterocycles. The number of carbonyl (C=O) groups excluding carboxylic acids is 3. The van der Waals surface area contributed by atoms with Crippen LogP contribution in [0.2, 0.25) is 0 Å². The van der Waals surface area contributed by atoms with Gasteiger partial charge in [-0.1, -0.05) is 32.1 Å². The van der Waals surface area contributed by atoms with Crippen LogP contribution < -0.4 is 10.2 Å². The highest BCUT2D eigenvalue weighted by Gasteiger charge is 2.84. The van der Waals surface area contributed by atoms with E-state index >= 15 is 0 Å². The highest BCUT2D eigenvalue weighted by atomic mass is 16.6. The van der Waals surface area contributed by atoms with Gasteiger partial charge in [-0.25, -0.2) is 4.79 Å². The van der Waals surface area contributed by atoms with Crippen LogP contribution in [-0.4, -0.2) is 37.0 Å². The summed E-state index contributed by atoms with van der Waals surface area (Å²) >= 11 is 0. The van der Waals surface area contributed by atoms with Crippen LogP contribution in [0.15, 0.2) is 30.9 Å². The number of hydrogen-bond donors (Lipinski definition) is 1. The Bertz CT molecular complexity index is 1130. The molecule has 3 fully saturated rings. The molecule has 3 aliphatic heterocycles. The van der Waals surface area contributed by atoms with E-state index in [-0.39, 0.29) is 11.7 Å². The van der Waals surface area contributed by atoms with Crippen LogP contribution in [0.5, 0.6) is 0 Å². The van der Waals surface area contributed by atoms with Crippen molar-refractivity contribution in [3.05, 3.63) is 42.0 Å². The lowest BCUT2D eigenvalue weighted by molar-refractivity contribution is -0.168. The van der Waals surface area contributed by atoms with Gasteiger partial charge in [0.15, 0.2) is 11.4 Å². The second-order valence-electron chi connectivity index (χ2n) is 9.38. The Labute approximate surface area is 169 Å². The van der Waals surface area contributed by atoms with Crippen LogP contribution in [-0.2, 0) is 30.2 Å². The molecule has 1 N–H and O–H groups in total. The SMILES string of the molecule is [2H][C@@]12OC(=O)N[C@]13c1cccc4c1[C@]1(O[C@@H](C(=O)[C@@]3(C)C=C)[C@@H]2C1(C)C)C(=O)N4C. The molecule has 7 nitrogen and oxygen atoms in total. The number of amides is 2. The Kier molecular flexibility index (Phi) is 2.46. The van der Waals surface area contributed by atoms with Crippen LogP contribution in [0.1, 0.15) is 33.3 Å². The van der Waals surface area contributed by atoms with Crippen molar-refractivity contribution in [1.29, 1.82) is 0 Å². The van der Waals surface area contributed by atoms with Gasteiger partial charge in [-0.05, 0) is 18.6 Å². The third-order valence-corrected chi connectivity index (χ3v) is 8.16. The predicted molar refractivity (Wildman–Crippen MR) is 102 cm³/mol. The van der Waals surface area contributed by atoms with E-state index in [2.05, 4.69) is 11.9 Å². The van der Waals surface area contributed by atoms with Gasteiger partial charge in [0, 0.05) is 23.9 Å². The highest BCUT2D eigenvalue weighted by Crippen LogP contribution is 2.73. The van der Waals surface area contributed by atoms with Crippen molar-refractivity contribution in [2.45, 2.75) is 44.1 Å². The molecule has 3 heterocycles. The lowest BCUT2D eigenvalue weighted by Gasteiger charge is -2.53. The summed E-state index contributed by atoms with van der Waals surface area (Å²) in [5.74, 6) is -1.44. The van der Waals surface area contributed by atoms with E-state index in [1.807, 2.05) is 19.9 Å². The minimum Gasteiger partial charge on any atom is -0.443 e. The highest BCUT2D eigenvalue weighted by molar-refractivity contribution is 6.10. The fourth-order valence-corrected chi connectivity index (χ4v) is 6.65. The molecule has 6 atom stereocenters. The zero-order valence-electron chi connectivity index (χ0n) is 17.7. The van der Waals surface area contributed by atoms with Crippen molar-refractivity contribution >= 4 is 23.5 Å². The lowest BCUT2D eigenvalue weighted by Crippen LogP contribution is -2.69. The van der Waals surface area contributed by atoms with Gasteiger partial charge in [-0.2, -0.15) is 0 Å². The Balaban J connectivity index is 1.90. The van der Waals surface area contributed by atoms with Crippen LogP contribution in [0.25, 0.3) is 0 Å². The van der Waals surface area contributed by atoms with Gasteiger partial charge in [-0.15, -0.1) is 6.58 Å². The first kappa shape index (κ1) is 16.2. The molecule has 7 heteroatoms. The number of nitrogens with one attached hydrogen (secondary N) is 1. The number of rotatable bonds is 1. The summed E-state index contributed by atoms with van der Waals surface area (Å²) in [7, 11) is 1.68. The molecule has 0 radical (unpaired) electrons. The topological polar surface area (TPSA) is 84.9 Å². The second-order valence-corrected chi connectivity index (χ2v) is 9.38. The maximum absolute atomic E-state index is 13.9. The lowest BCUT2D eigenvalue weighted by atomic mass is 9.52. The molecule has 150 valence electrons. The Morgan fingerprint density at radius 3 is 2.69 bits per heavy atom. The molecular weight excluding hydrogens is 372 g/mol. The van der Waals surface area contributed by atoms with Gasteiger partial charge >= 0.3 is 6.09 Å². The van der Waals surface area contributed by atoms with Crippen molar-refractivity contribution in [2.24, 2.45) is 16.7 Å². The van der Waals surface area contributed by atoms with Gasteiger partial charge < -0.3 is 19.7 Å². The van der Waals surface area contributed by atoms with Gasteiger partial charge in [0.25, 0.3) is 5.91 Å². The Hall–Kier alpha value is -2.67. The summed E-state index contributed by atoms with van der Waals surface area (Å²) < 4.78 is 21.8. The van der Waals surface area contributed by atoms with E-state index in [1.165, 1.54) is 6.08 Å². The van der Waals surface area contributed by atoms with Crippen LogP contribution in [0.3, 0.4) is 0 Å². The van der Waals surface area contributed by atoms with E-state index < -0.39 is 46.2 Å². The zero-order chi connectivity index (χ0) is 21.6. The zero-order valence-corrected chi connectivity index (χ0v) is 16.7. The maximum atomic E-state index is 13.9. The smallest absolute Gasteiger partial charge is 0.408 e. The quantitative estimate of drug-likeness (QED) is 0.735. The monoisotopic (exact) mass is 395 g/mol. The molecule has 1 aromatic carbocycles. The van der Waals surface area contributed by atoms with Crippen molar-refractivity contribution in [3.8, 4) is 0 Å². The number of ether oxygens (including phenoxy) is 2. The number of hydrogen-bond acceptors (Lipinski definition) is 5. The minimum atomic E-state index is -1.88. The first-order chi connectivity index (χ1) is 14.0. The molecule has 29 heavy (non-hydrogen) atoms. The summed E-state index contributed by atoms with van der Waals surface area (Å²) in [6.07, 6.45) is -2.25. The molecular formula is C22H22N2O5. The Morgan fingerprint density at radius 1 is 1.28 bits per heavy atom. The molecule has 6 rings (SSSR count). The molecule has 0 unspecified atom stereocenters. The second kappa shape index (κ2) is 4.41. The number of likely N-dealkylation sites (N-methyl/N-ethyl adjacent to an activating group) is 1. The van der Waals surface area contributed by atoms with Crippen LogP contribution in [0, 0.1) is 16.7 Å². The summed E-state index contributed by atoms with van der Waals surface area (Å²) in [4.78, 5) is 41.8. The minimum absolute atomic E-state index is 0.275. The number of anilines is 1. The fourth-order valence-electron chi connectivity index (χ4n) is 6.65. The molecule has 5 aliphatic rings. The largest absolute Gasteiger partial charge is 0.443 e. The van der Waals surface area contributed by atoms with Crippen molar-refractivity contribution in [1.82, 2.24) is 5.32 Å². The molecule has 2 amide bonds. The van der Waals surface area contributed by atoms with E-state index in [1.54, 1.807) is 31.0 Å². The van der Waals surface area contributed by atoms with Crippen molar-refractivity contribution in [3.63, 3.8) is 0 Å². The number of ketones is 1. The average molecular weight is 395 g/mol. The van der Waals surface area contributed by atoms with Gasteiger partial charge in [-0.3, -0.25) is 9.59 Å². The predicted octanol–water partition coefficient (Wildman–Crippen LogP) is 1.99. The first-order valence-corrected chi connectivity index (χ1v) is 9.75. The number of nitrogens with zero attached hydrogens (tertiary/aromatic N) is 1.